The van der Waals surface area contributed by atoms with Gasteiger partial charge in [0, 0.05) is 0 Å². The van der Waals surface area contributed by atoms with Gasteiger partial charge in [-0.25, -0.2) is 0 Å². The molecule has 0 aliphatic rings. The molecule has 1 unspecified atom stereocenters. The van der Waals surface area contributed by atoms with Crippen LogP contribution in [0.25, 0.3) is 0 Å². The van der Waals surface area contributed by atoms with Crippen molar-refractivity contribution in [1.82, 2.24) is 0 Å². The second kappa shape index (κ2) is 5.51. The molecule has 0 amide bonds. The monoisotopic (exact) mass is 248 g/mol. The van der Waals surface area contributed by atoms with Gasteiger partial charge in [0.05, 0.1) is 0 Å². The van der Waals surface area contributed by atoms with Crippen molar-refractivity contribution in [2.75, 3.05) is 0 Å². The van der Waals surface area contributed by atoms with Crippen LogP contribution in [0.3, 0.4) is 0 Å². The Balaban J connectivity index is 0.000000980. The molecule has 2 rings (SSSR count). The Labute approximate surface area is 95.0 Å². The van der Waals surface area contributed by atoms with E-state index in [-0.39, 0.29) is 18.0 Å². The minimum absolute atomic E-state index is 0. The molecule has 0 saturated heterocycles. The Morgan fingerprint density at radius 1 is 0.571 bits per heavy atom. The smallest absolute Gasteiger partial charge is 0.127 e. The Bertz CT molecular complexity index is 321. The third-order valence-corrected chi connectivity index (χ3v) is 1.72. The Morgan fingerprint density at radius 3 is 1.29 bits per heavy atom. The van der Waals surface area contributed by atoms with Crippen molar-refractivity contribution in [2.24, 2.45) is 0 Å². The van der Waals surface area contributed by atoms with Crippen molar-refractivity contribution in [2.45, 2.75) is 0 Å². The summed E-state index contributed by atoms with van der Waals surface area (Å²) in [5.41, 5.74) is 0. The second-order valence-corrected chi connectivity index (χ2v) is 2.73. The van der Waals surface area contributed by atoms with Crippen LogP contribution in [0.4, 0.5) is 0 Å². The molecule has 0 radical (unpaired) electrons. The molecule has 14 heavy (non-hydrogen) atoms. The van der Waals surface area contributed by atoms with Crippen LogP contribution in [0.5, 0.6) is 11.5 Å². The van der Waals surface area contributed by atoms with Crippen molar-refractivity contribution in [3.8, 4) is 11.5 Å². The second-order valence-electron chi connectivity index (χ2n) is 2.73. The van der Waals surface area contributed by atoms with Crippen LogP contribution in [-0.4, -0.2) is 18.0 Å². The van der Waals surface area contributed by atoms with Crippen LogP contribution in [0.15, 0.2) is 60.7 Å². The minimum Gasteiger partial charge on any atom is -0.457 e. The van der Waals surface area contributed by atoms with E-state index >= 15 is 0 Å². The average molecular weight is 248 g/mol. The normalized spacial score (nSPS) is 8.86. The molecule has 1 nitrogen and oxygen atoms in total. The van der Waals surface area contributed by atoms with Gasteiger partial charge in [-0.05, 0) is 24.3 Å². The molecule has 0 bridgehead atoms. The zero-order valence-electron chi connectivity index (χ0n) is 7.89. The summed E-state index contributed by atoms with van der Waals surface area (Å²) in [5.74, 6) is 1.74. The third kappa shape index (κ3) is 2.93. The summed E-state index contributed by atoms with van der Waals surface area (Å²) in [7, 11) is 0. The van der Waals surface area contributed by atoms with E-state index in [0.29, 0.717) is 0 Å². The topological polar surface area (TPSA) is 9.23 Å². The third-order valence-electron chi connectivity index (χ3n) is 1.72. The van der Waals surface area contributed by atoms with Gasteiger partial charge in [-0.3, -0.25) is 0 Å². The van der Waals surface area contributed by atoms with Gasteiger partial charge in [0.25, 0.3) is 0 Å². The van der Waals surface area contributed by atoms with Crippen LogP contribution in [-0.2, 0) is 0 Å². The molecule has 2 aromatic carbocycles. The average Bonchev–Trinajstić information content (AvgIpc) is 2.21. The van der Waals surface area contributed by atoms with Crippen LogP contribution in [0, 0.1) is 0 Å². The van der Waals surface area contributed by atoms with Crippen molar-refractivity contribution in [1.29, 1.82) is 0 Å². The summed E-state index contributed by atoms with van der Waals surface area (Å²) in [6.07, 6.45) is 0. The van der Waals surface area contributed by atoms with E-state index in [9.17, 15) is 0 Å². The maximum Gasteiger partial charge on any atom is 0.127 e. The Kier molecular flexibility index (Phi) is 4.28. The van der Waals surface area contributed by atoms with Crippen molar-refractivity contribution in [3.63, 3.8) is 0 Å². The van der Waals surface area contributed by atoms with E-state index in [0.717, 1.165) is 11.5 Å². The molecule has 0 aliphatic carbocycles. The fourth-order valence-electron chi connectivity index (χ4n) is 1.11. The van der Waals surface area contributed by atoms with E-state index in [1.165, 1.54) is 0 Å². The number of hydrogen-bond acceptors (Lipinski definition) is 1. The molecular formula is C12H13AsO. The Morgan fingerprint density at radius 2 is 0.929 bits per heavy atom. The molecule has 0 saturated carbocycles. The maximum absolute atomic E-state index is 5.58. The number of para-hydroxylation sites is 2. The summed E-state index contributed by atoms with van der Waals surface area (Å²) < 4.78 is 5.58. The van der Waals surface area contributed by atoms with E-state index in [2.05, 4.69) is 0 Å². The molecule has 0 fully saturated rings. The van der Waals surface area contributed by atoms with Crippen LogP contribution in [0.2, 0.25) is 0 Å². The molecule has 0 spiro atoms. The molecule has 0 aromatic heterocycles. The predicted octanol–water partition coefficient (Wildman–Crippen LogP) is 2.29. The molecule has 72 valence electrons. The van der Waals surface area contributed by atoms with E-state index in [1.54, 1.807) is 0 Å². The van der Waals surface area contributed by atoms with Crippen LogP contribution < -0.4 is 4.74 Å². The first-order chi connectivity index (χ1) is 6.45. The molecular weight excluding hydrogens is 235 g/mol. The van der Waals surface area contributed by atoms with Gasteiger partial charge in [0.1, 0.15) is 11.5 Å². The maximum atomic E-state index is 5.58. The van der Waals surface area contributed by atoms with E-state index in [4.69, 9.17) is 4.74 Å². The number of rotatable bonds is 2. The van der Waals surface area contributed by atoms with Crippen molar-refractivity contribution < 1.29 is 4.74 Å². The van der Waals surface area contributed by atoms with Crippen molar-refractivity contribution in [3.05, 3.63) is 60.7 Å². The summed E-state index contributed by atoms with van der Waals surface area (Å²) in [6, 6.07) is 19.5. The zero-order valence-corrected chi connectivity index (χ0v) is 10.9. The SMILES string of the molecule is [AsH3].c1ccc(Oc2ccccc2)cc1. The van der Waals surface area contributed by atoms with Gasteiger partial charge in [-0.15, -0.1) is 0 Å². The fourth-order valence-corrected chi connectivity index (χ4v) is 1.11. The summed E-state index contributed by atoms with van der Waals surface area (Å²) in [6.45, 7) is 0. The van der Waals surface area contributed by atoms with Gasteiger partial charge < -0.3 is 4.74 Å². The van der Waals surface area contributed by atoms with Gasteiger partial charge in [0.2, 0.25) is 0 Å². The van der Waals surface area contributed by atoms with Gasteiger partial charge in [-0.1, -0.05) is 36.4 Å². The minimum atomic E-state index is 0. The quantitative estimate of drug-likeness (QED) is 0.741. The first-order valence-corrected chi connectivity index (χ1v) is 4.23. The first kappa shape index (κ1) is 10.9. The largest absolute Gasteiger partial charge is 0.457 e. The van der Waals surface area contributed by atoms with E-state index in [1.807, 2.05) is 60.7 Å². The van der Waals surface area contributed by atoms with Gasteiger partial charge >= 0.3 is 18.0 Å². The van der Waals surface area contributed by atoms with E-state index < -0.39 is 0 Å². The molecule has 1 atom stereocenters. The zero-order chi connectivity index (χ0) is 8.93. The Hall–Kier alpha value is -1.20. The number of hydrogen-bond donors (Lipinski definition) is 0. The first-order valence-electron chi connectivity index (χ1n) is 4.23. The summed E-state index contributed by atoms with van der Waals surface area (Å²) in [5, 5.41) is 0. The predicted molar refractivity (Wildman–Crippen MR) is 62.9 cm³/mol. The van der Waals surface area contributed by atoms with Crippen LogP contribution >= 0.6 is 0 Å². The molecule has 0 N–H and O–H groups in total. The molecule has 2 aromatic rings. The van der Waals surface area contributed by atoms with Crippen molar-refractivity contribution >= 4 is 18.0 Å². The molecule has 0 aliphatic heterocycles. The molecule has 2 heteroatoms. The number of benzene rings is 2. The molecule has 0 heterocycles. The summed E-state index contributed by atoms with van der Waals surface area (Å²) >= 11 is 0. The standard InChI is InChI=1S/C12H10O.AsH3/c1-3-7-11(8-4-1)13-12-9-5-2-6-10-12;/h1-10H;1H3. The van der Waals surface area contributed by atoms with Gasteiger partial charge in [0.15, 0.2) is 0 Å². The number of ether oxygens (including phenoxy) is 1. The fraction of sp³-hybridized carbons (Fsp3) is 0. The van der Waals surface area contributed by atoms with Crippen LogP contribution in [0.1, 0.15) is 0 Å². The van der Waals surface area contributed by atoms with Gasteiger partial charge in [-0.2, -0.15) is 0 Å². The summed E-state index contributed by atoms with van der Waals surface area (Å²) in [4.78, 5) is 0.